The first-order chi connectivity index (χ1) is 12.6. The van der Waals surface area contributed by atoms with Crippen LogP contribution in [-0.2, 0) is 9.53 Å². The van der Waals surface area contributed by atoms with Crippen LogP contribution in [0, 0.1) is 0 Å². The van der Waals surface area contributed by atoms with Crippen molar-refractivity contribution >= 4 is 35.7 Å². The molecule has 3 amide bonds. The number of urea groups is 1. The summed E-state index contributed by atoms with van der Waals surface area (Å²) in [5.41, 5.74) is 1.42. The lowest BCUT2D eigenvalue weighted by Crippen LogP contribution is -2.53. The lowest BCUT2D eigenvalue weighted by Gasteiger charge is -2.29. The van der Waals surface area contributed by atoms with Crippen molar-refractivity contribution in [3.63, 3.8) is 0 Å². The number of nitrogens with one attached hydrogen (secondary N) is 3. The summed E-state index contributed by atoms with van der Waals surface area (Å²) in [5.74, 6) is -0.112. The Morgan fingerprint density at radius 1 is 1.04 bits per heavy atom. The summed E-state index contributed by atoms with van der Waals surface area (Å²) >= 11 is 0. The number of likely N-dealkylation sites (tertiary alicyclic amines) is 1. The third-order valence-corrected chi connectivity index (χ3v) is 4.90. The molecule has 27 heavy (non-hydrogen) atoms. The standard InChI is InChI=1S/C19H28N4O3.ClH/c1-14-17(20-10-13-26-14)18(24)21-15-6-8-16(9-7-15)22-19(25)23-11-4-2-3-5-12-23;/h6-9,14,17,20H,2-5,10-13H2,1H3,(H,21,24)(H,22,25);1H/t14-,17+;/m1./s1. The van der Waals surface area contributed by atoms with Gasteiger partial charge in [-0.05, 0) is 44.0 Å². The van der Waals surface area contributed by atoms with Crippen LogP contribution in [0.5, 0.6) is 0 Å². The molecule has 0 radical (unpaired) electrons. The highest BCUT2D eigenvalue weighted by molar-refractivity contribution is 5.96. The Kier molecular flexibility index (Phi) is 8.34. The van der Waals surface area contributed by atoms with Gasteiger partial charge in [0.25, 0.3) is 0 Å². The first kappa shape index (κ1) is 21.5. The van der Waals surface area contributed by atoms with Crippen molar-refractivity contribution in [2.45, 2.75) is 44.8 Å². The van der Waals surface area contributed by atoms with Gasteiger partial charge < -0.3 is 25.6 Å². The summed E-state index contributed by atoms with van der Waals surface area (Å²) in [6.07, 6.45) is 4.36. The maximum Gasteiger partial charge on any atom is 0.321 e. The molecule has 0 bridgehead atoms. The van der Waals surface area contributed by atoms with Gasteiger partial charge in [0, 0.05) is 31.0 Å². The minimum atomic E-state index is -0.355. The number of hydrogen-bond acceptors (Lipinski definition) is 4. The Morgan fingerprint density at radius 3 is 2.22 bits per heavy atom. The number of ether oxygens (including phenoxy) is 1. The van der Waals surface area contributed by atoms with E-state index in [1.165, 1.54) is 12.8 Å². The lowest BCUT2D eigenvalue weighted by atomic mass is 10.1. The van der Waals surface area contributed by atoms with E-state index < -0.39 is 0 Å². The van der Waals surface area contributed by atoms with Crippen LogP contribution in [0.25, 0.3) is 0 Å². The van der Waals surface area contributed by atoms with Crippen LogP contribution >= 0.6 is 12.4 Å². The number of halogens is 1. The molecule has 2 fully saturated rings. The molecule has 150 valence electrons. The summed E-state index contributed by atoms with van der Waals surface area (Å²) in [5, 5.41) is 8.99. The number of morpholine rings is 1. The summed E-state index contributed by atoms with van der Waals surface area (Å²) in [6, 6.07) is 6.79. The molecule has 2 aliphatic rings. The molecule has 7 nitrogen and oxygen atoms in total. The Hall–Kier alpha value is -1.83. The fraction of sp³-hybridized carbons (Fsp3) is 0.579. The van der Waals surface area contributed by atoms with Crippen molar-refractivity contribution in [2.75, 3.05) is 36.9 Å². The molecular weight excluding hydrogens is 368 g/mol. The second-order valence-corrected chi connectivity index (χ2v) is 6.91. The second-order valence-electron chi connectivity index (χ2n) is 6.91. The van der Waals surface area contributed by atoms with E-state index in [0.29, 0.717) is 18.8 Å². The van der Waals surface area contributed by atoms with Crippen molar-refractivity contribution < 1.29 is 14.3 Å². The number of rotatable bonds is 3. The fourth-order valence-corrected chi connectivity index (χ4v) is 3.36. The smallest absolute Gasteiger partial charge is 0.321 e. The zero-order chi connectivity index (χ0) is 18.4. The summed E-state index contributed by atoms with van der Waals surface area (Å²) in [7, 11) is 0. The molecule has 1 aromatic carbocycles. The van der Waals surface area contributed by atoms with E-state index >= 15 is 0 Å². The molecule has 1 aromatic rings. The number of benzene rings is 1. The van der Waals surface area contributed by atoms with Crippen LogP contribution in [0.2, 0.25) is 0 Å². The minimum Gasteiger partial charge on any atom is -0.375 e. The molecule has 3 rings (SSSR count). The van der Waals surface area contributed by atoms with E-state index in [0.717, 1.165) is 31.6 Å². The number of amides is 3. The highest BCUT2D eigenvalue weighted by atomic mass is 35.5. The molecule has 0 spiro atoms. The number of carbonyl (C=O) groups is 2. The van der Waals surface area contributed by atoms with Gasteiger partial charge in [-0.25, -0.2) is 4.79 Å². The normalized spacial score (nSPS) is 22.9. The van der Waals surface area contributed by atoms with Gasteiger partial charge in [-0.15, -0.1) is 12.4 Å². The summed E-state index contributed by atoms with van der Waals surface area (Å²) in [6.45, 7) is 4.81. The van der Waals surface area contributed by atoms with Gasteiger partial charge in [0.05, 0.1) is 12.7 Å². The zero-order valence-electron chi connectivity index (χ0n) is 15.7. The van der Waals surface area contributed by atoms with Gasteiger partial charge in [0.15, 0.2) is 0 Å². The van der Waals surface area contributed by atoms with Crippen LogP contribution in [0.1, 0.15) is 32.6 Å². The Balaban J connectivity index is 0.00000261. The second kappa shape index (κ2) is 10.5. The van der Waals surface area contributed by atoms with Crippen LogP contribution in [0.15, 0.2) is 24.3 Å². The SMILES string of the molecule is C[C@H]1OCCN[C@@H]1C(=O)Nc1ccc(NC(=O)N2CCCCCC2)cc1.Cl. The first-order valence-electron chi connectivity index (χ1n) is 9.45. The molecule has 2 saturated heterocycles. The van der Waals surface area contributed by atoms with Gasteiger partial charge in [-0.2, -0.15) is 0 Å². The quantitative estimate of drug-likeness (QED) is 0.733. The monoisotopic (exact) mass is 396 g/mol. The molecule has 3 N–H and O–H groups in total. The molecule has 2 heterocycles. The maximum absolute atomic E-state index is 12.3. The van der Waals surface area contributed by atoms with E-state index in [-0.39, 0.29) is 36.5 Å². The third-order valence-electron chi connectivity index (χ3n) is 4.90. The molecule has 0 aromatic heterocycles. The zero-order valence-corrected chi connectivity index (χ0v) is 16.5. The van der Waals surface area contributed by atoms with Crippen LogP contribution in [0.3, 0.4) is 0 Å². The van der Waals surface area contributed by atoms with E-state index in [2.05, 4.69) is 16.0 Å². The third kappa shape index (κ3) is 6.09. The van der Waals surface area contributed by atoms with Gasteiger partial charge in [0.1, 0.15) is 6.04 Å². The van der Waals surface area contributed by atoms with E-state index in [1.807, 2.05) is 11.8 Å². The van der Waals surface area contributed by atoms with Gasteiger partial charge in [0.2, 0.25) is 5.91 Å². The molecule has 0 unspecified atom stereocenters. The predicted molar refractivity (Wildman–Crippen MR) is 109 cm³/mol. The number of nitrogens with zero attached hydrogens (tertiary/aromatic N) is 1. The van der Waals surface area contributed by atoms with Crippen LogP contribution in [-0.4, -0.2) is 55.2 Å². The highest BCUT2D eigenvalue weighted by Crippen LogP contribution is 2.17. The van der Waals surface area contributed by atoms with Crippen LogP contribution in [0.4, 0.5) is 16.2 Å². The van der Waals surface area contributed by atoms with Crippen molar-refractivity contribution in [2.24, 2.45) is 0 Å². The lowest BCUT2D eigenvalue weighted by molar-refractivity contribution is -0.123. The maximum atomic E-state index is 12.3. The predicted octanol–water partition coefficient (Wildman–Crippen LogP) is 2.83. The van der Waals surface area contributed by atoms with Gasteiger partial charge in [-0.1, -0.05) is 12.8 Å². The molecule has 0 saturated carbocycles. The number of hydrogen-bond donors (Lipinski definition) is 3. The van der Waals surface area contributed by atoms with Crippen LogP contribution < -0.4 is 16.0 Å². The minimum absolute atomic E-state index is 0. The first-order valence-corrected chi connectivity index (χ1v) is 9.45. The van der Waals surface area contributed by atoms with Crippen molar-refractivity contribution in [1.29, 1.82) is 0 Å². The highest BCUT2D eigenvalue weighted by Gasteiger charge is 2.28. The van der Waals surface area contributed by atoms with Crippen molar-refractivity contribution in [3.05, 3.63) is 24.3 Å². The largest absolute Gasteiger partial charge is 0.375 e. The number of anilines is 2. The average Bonchev–Trinajstić information content (AvgIpc) is 2.93. The Labute approximate surface area is 166 Å². The topological polar surface area (TPSA) is 82.7 Å². The average molecular weight is 397 g/mol. The Morgan fingerprint density at radius 2 is 1.63 bits per heavy atom. The molecule has 8 heteroatoms. The van der Waals surface area contributed by atoms with Gasteiger partial charge >= 0.3 is 6.03 Å². The molecule has 2 atom stereocenters. The fourth-order valence-electron chi connectivity index (χ4n) is 3.36. The van der Waals surface area contributed by atoms with Gasteiger partial charge in [-0.3, -0.25) is 4.79 Å². The van der Waals surface area contributed by atoms with E-state index in [4.69, 9.17) is 4.74 Å². The summed E-state index contributed by atoms with van der Waals surface area (Å²) in [4.78, 5) is 26.6. The van der Waals surface area contributed by atoms with Crippen molar-refractivity contribution in [3.8, 4) is 0 Å². The number of carbonyl (C=O) groups excluding carboxylic acids is 2. The molecule has 2 aliphatic heterocycles. The van der Waals surface area contributed by atoms with Crippen molar-refractivity contribution in [1.82, 2.24) is 10.2 Å². The van der Waals surface area contributed by atoms with E-state index in [1.54, 1.807) is 24.3 Å². The summed E-state index contributed by atoms with van der Waals surface area (Å²) < 4.78 is 5.50. The molecule has 0 aliphatic carbocycles. The Bertz CT molecular complexity index is 618. The molecular formula is C19H29ClN4O3. The van der Waals surface area contributed by atoms with E-state index in [9.17, 15) is 9.59 Å².